The van der Waals surface area contributed by atoms with Crippen molar-refractivity contribution in [1.29, 1.82) is 0 Å². The predicted octanol–water partition coefficient (Wildman–Crippen LogP) is 5.69. The van der Waals surface area contributed by atoms with E-state index < -0.39 is 10.0 Å². The van der Waals surface area contributed by atoms with Crippen molar-refractivity contribution in [3.8, 4) is 0 Å². The number of benzene rings is 2. The van der Waals surface area contributed by atoms with Crippen LogP contribution in [0, 0.1) is 5.92 Å². The predicted molar refractivity (Wildman–Crippen MR) is 119 cm³/mol. The summed E-state index contributed by atoms with van der Waals surface area (Å²) >= 11 is 12.3. The Labute approximate surface area is 182 Å². The topological polar surface area (TPSA) is 42.3 Å². The summed E-state index contributed by atoms with van der Waals surface area (Å²) in [7, 11) is -3.81. The Bertz CT molecular complexity index is 1060. The maximum absolute atomic E-state index is 13.4. The minimum absolute atomic E-state index is 0.0356. The molecule has 0 aliphatic heterocycles. The first-order valence-corrected chi connectivity index (χ1v) is 11.6. The Hall–Kier alpha value is -1.79. The zero-order valence-corrected chi connectivity index (χ0v) is 18.8. The van der Waals surface area contributed by atoms with Gasteiger partial charge in [0, 0.05) is 30.0 Å². The number of hydrogen-bond acceptors (Lipinski definition) is 2. The molecule has 0 radical (unpaired) electrons. The van der Waals surface area contributed by atoms with E-state index >= 15 is 0 Å². The summed E-state index contributed by atoms with van der Waals surface area (Å²) in [6.07, 6.45) is 1.97. The molecule has 4 nitrogen and oxygen atoms in total. The number of halogens is 2. The molecule has 1 aromatic heterocycles. The molecule has 29 heavy (non-hydrogen) atoms. The van der Waals surface area contributed by atoms with Crippen molar-refractivity contribution in [2.45, 2.75) is 31.8 Å². The average molecular weight is 451 g/mol. The van der Waals surface area contributed by atoms with Crippen LogP contribution < -0.4 is 0 Å². The van der Waals surface area contributed by atoms with Crippen LogP contribution in [0.3, 0.4) is 0 Å². The molecule has 1 heterocycles. The molecule has 3 rings (SSSR count). The highest BCUT2D eigenvalue weighted by molar-refractivity contribution is 7.89. The average Bonchev–Trinajstić information content (AvgIpc) is 3.10. The van der Waals surface area contributed by atoms with Crippen molar-refractivity contribution < 1.29 is 8.42 Å². The minimum atomic E-state index is -3.81. The normalized spacial score (nSPS) is 12.1. The molecule has 0 atom stereocenters. The molecule has 7 heteroatoms. The van der Waals surface area contributed by atoms with Crippen LogP contribution in [-0.2, 0) is 23.1 Å². The molecule has 0 saturated carbocycles. The van der Waals surface area contributed by atoms with Gasteiger partial charge in [-0.05, 0) is 41.8 Å². The van der Waals surface area contributed by atoms with Crippen molar-refractivity contribution in [3.05, 3.63) is 88.2 Å². The van der Waals surface area contributed by atoms with E-state index in [0.717, 1.165) is 11.3 Å². The summed E-state index contributed by atoms with van der Waals surface area (Å²) in [6, 6.07) is 18.5. The van der Waals surface area contributed by atoms with Crippen molar-refractivity contribution in [1.82, 2.24) is 8.87 Å². The third-order valence-electron chi connectivity index (χ3n) is 4.54. The van der Waals surface area contributed by atoms with Gasteiger partial charge in [0.25, 0.3) is 0 Å². The van der Waals surface area contributed by atoms with E-state index in [1.807, 2.05) is 50.4 Å². The number of aromatic nitrogens is 1. The summed E-state index contributed by atoms with van der Waals surface area (Å²) in [5, 5.41) is 0.507. The lowest BCUT2D eigenvalue weighted by Gasteiger charge is -2.25. The molecule has 0 aliphatic carbocycles. The first-order chi connectivity index (χ1) is 13.8. The van der Waals surface area contributed by atoms with E-state index in [4.69, 9.17) is 23.2 Å². The summed E-state index contributed by atoms with van der Waals surface area (Å²) in [5.41, 5.74) is 2.07. The molecular formula is C22H24Cl2N2O2S. The van der Waals surface area contributed by atoms with E-state index in [9.17, 15) is 8.42 Å². The van der Waals surface area contributed by atoms with Gasteiger partial charge in [-0.2, -0.15) is 4.31 Å². The molecule has 2 aromatic carbocycles. The maximum atomic E-state index is 13.4. The van der Waals surface area contributed by atoms with Crippen molar-refractivity contribution >= 4 is 33.2 Å². The first kappa shape index (κ1) is 21.9. The van der Waals surface area contributed by atoms with Crippen molar-refractivity contribution in [2.75, 3.05) is 6.54 Å². The van der Waals surface area contributed by atoms with E-state index in [1.54, 1.807) is 6.07 Å². The Morgan fingerprint density at radius 1 is 1.00 bits per heavy atom. The van der Waals surface area contributed by atoms with Crippen LogP contribution >= 0.6 is 23.2 Å². The second-order valence-electron chi connectivity index (χ2n) is 7.38. The van der Waals surface area contributed by atoms with Crippen molar-refractivity contribution in [3.63, 3.8) is 0 Å². The van der Waals surface area contributed by atoms with Gasteiger partial charge < -0.3 is 4.57 Å². The second kappa shape index (κ2) is 9.35. The van der Waals surface area contributed by atoms with Gasteiger partial charge in [-0.25, -0.2) is 8.42 Å². The number of hydrogen-bond donors (Lipinski definition) is 0. The Balaban J connectivity index is 1.93. The van der Waals surface area contributed by atoms with Crippen molar-refractivity contribution in [2.24, 2.45) is 5.92 Å². The molecule has 0 amide bonds. The lowest BCUT2D eigenvalue weighted by molar-refractivity contribution is 0.354. The minimum Gasteiger partial charge on any atom is -0.346 e. The van der Waals surface area contributed by atoms with Gasteiger partial charge in [0.15, 0.2) is 0 Å². The highest BCUT2D eigenvalue weighted by Gasteiger charge is 2.28. The van der Waals surface area contributed by atoms with Crippen LogP contribution in [0.1, 0.15) is 25.1 Å². The number of sulfonamides is 1. The van der Waals surface area contributed by atoms with Gasteiger partial charge in [0.1, 0.15) is 4.90 Å². The Morgan fingerprint density at radius 2 is 1.72 bits per heavy atom. The van der Waals surface area contributed by atoms with Gasteiger partial charge >= 0.3 is 0 Å². The molecular weight excluding hydrogens is 427 g/mol. The molecule has 0 aliphatic rings. The highest BCUT2D eigenvalue weighted by atomic mass is 35.5. The fourth-order valence-corrected chi connectivity index (χ4v) is 5.49. The number of rotatable bonds is 8. The Morgan fingerprint density at radius 3 is 2.41 bits per heavy atom. The molecule has 3 aromatic rings. The third-order valence-corrected chi connectivity index (χ3v) is 7.07. The first-order valence-electron chi connectivity index (χ1n) is 9.40. The van der Waals surface area contributed by atoms with Crippen LogP contribution in [0.15, 0.2) is 71.8 Å². The third kappa shape index (κ3) is 5.43. The van der Waals surface area contributed by atoms with E-state index in [2.05, 4.69) is 16.7 Å². The summed E-state index contributed by atoms with van der Waals surface area (Å²) in [5.74, 6) is 0.153. The van der Waals surface area contributed by atoms with Gasteiger partial charge in [-0.3, -0.25) is 0 Å². The molecule has 0 unspecified atom stereocenters. The van der Waals surface area contributed by atoms with Crippen LogP contribution in [0.5, 0.6) is 0 Å². The van der Waals surface area contributed by atoms with Gasteiger partial charge in [-0.1, -0.05) is 67.4 Å². The molecule has 0 N–H and O–H groups in total. The summed E-state index contributed by atoms with van der Waals surface area (Å²) in [4.78, 5) is 0.0356. The molecule has 0 spiro atoms. The lowest BCUT2D eigenvalue weighted by atomic mass is 10.2. The summed E-state index contributed by atoms with van der Waals surface area (Å²) in [6.45, 7) is 5.29. The number of nitrogens with zero attached hydrogens (tertiary/aromatic N) is 2. The van der Waals surface area contributed by atoms with E-state index in [0.29, 0.717) is 18.1 Å². The van der Waals surface area contributed by atoms with Gasteiger partial charge in [0.05, 0.1) is 11.6 Å². The molecule has 0 bridgehead atoms. The Kier molecular flexibility index (Phi) is 7.06. The van der Waals surface area contributed by atoms with Crippen LogP contribution in [-0.4, -0.2) is 23.8 Å². The maximum Gasteiger partial charge on any atom is 0.244 e. The largest absolute Gasteiger partial charge is 0.346 e. The molecule has 154 valence electrons. The standard InChI is InChI=1S/C22H24Cl2N2O2S/c1-17(2)14-26(29(27,28)22-13-19(23)10-11-21(22)24)16-20-9-6-12-25(20)15-18-7-4-3-5-8-18/h3-13,17H,14-16H2,1-2H3. The fraction of sp³-hybridized carbons (Fsp3) is 0.273. The smallest absolute Gasteiger partial charge is 0.244 e. The molecule has 0 fully saturated rings. The SMILES string of the molecule is CC(C)CN(Cc1cccn1Cc1ccccc1)S(=O)(=O)c1cc(Cl)ccc1Cl. The molecule has 0 saturated heterocycles. The van der Waals surface area contributed by atoms with E-state index in [1.165, 1.54) is 16.4 Å². The summed E-state index contributed by atoms with van der Waals surface area (Å²) < 4.78 is 30.4. The van der Waals surface area contributed by atoms with Gasteiger partial charge in [0.2, 0.25) is 10.0 Å². The highest BCUT2D eigenvalue weighted by Crippen LogP contribution is 2.29. The van der Waals surface area contributed by atoms with Gasteiger partial charge in [-0.15, -0.1) is 0 Å². The zero-order valence-electron chi connectivity index (χ0n) is 16.4. The van der Waals surface area contributed by atoms with Crippen LogP contribution in [0.2, 0.25) is 10.0 Å². The van der Waals surface area contributed by atoms with Crippen LogP contribution in [0.4, 0.5) is 0 Å². The zero-order chi connectivity index (χ0) is 21.0. The van der Waals surface area contributed by atoms with Crippen LogP contribution in [0.25, 0.3) is 0 Å². The lowest BCUT2D eigenvalue weighted by Crippen LogP contribution is -2.34. The monoisotopic (exact) mass is 450 g/mol. The second-order valence-corrected chi connectivity index (χ2v) is 10.1. The quantitative estimate of drug-likeness (QED) is 0.442. The van der Waals surface area contributed by atoms with E-state index in [-0.39, 0.29) is 22.4 Å². The fourth-order valence-electron chi connectivity index (χ4n) is 3.18.